The van der Waals surface area contributed by atoms with E-state index < -0.39 is 0 Å². The van der Waals surface area contributed by atoms with Crippen LogP contribution in [-0.2, 0) is 4.79 Å². The number of carbonyl (C=O) groups is 1. The summed E-state index contributed by atoms with van der Waals surface area (Å²) in [6, 6.07) is 18.4. The molecular formula is C23H25N5O. The molecule has 1 aliphatic heterocycles. The molecule has 6 heteroatoms. The van der Waals surface area contributed by atoms with E-state index in [9.17, 15) is 4.79 Å². The van der Waals surface area contributed by atoms with Gasteiger partial charge in [-0.25, -0.2) is 4.68 Å². The highest BCUT2D eigenvalue weighted by atomic mass is 16.1. The van der Waals surface area contributed by atoms with E-state index in [-0.39, 0.29) is 17.9 Å². The molecule has 0 aliphatic carbocycles. The Labute approximate surface area is 170 Å². The summed E-state index contributed by atoms with van der Waals surface area (Å²) in [5.74, 6) is 1.12. The van der Waals surface area contributed by atoms with E-state index in [4.69, 9.17) is 0 Å². The molecule has 1 aromatic heterocycles. The Morgan fingerprint density at radius 1 is 1.14 bits per heavy atom. The number of amides is 1. The molecule has 2 N–H and O–H groups in total. The smallest absolute Gasteiger partial charge is 0.250 e. The Morgan fingerprint density at radius 3 is 2.55 bits per heavy atom. The largest absolute Gasteiger partial charge is 0.324 e. The molecule has 0 saturated heterocycles. The van der Waals surface area contributed by atoms with Gasteiger partial charge < -0.3 is 5.32 Å². The van der Waals surface area contributed by atoms with E-state index in [0.717, 1.165) is 16.8 Å². The minimum absolute atomic E-state index is 0.0778. The van der Waals surface area contributed by atoms with Crippen LogP contribution in [0.5, 0.6) is 0 Å². The number of hydrogen-bond acceptors (Lipinski definition) is 4. The highest BCUT2D eigenvalue weighted by molar-refractivity contribution is 5.89. The molecule has 2 aromatic carbocycles. The van der Waals surface area contributed by atoms with Gasteiger partial charge in [0.1, 0.15) is 6.04 Å². The topological polar surface area (TPSA) is 71.8 Å². The Kier molecular flexibility index (Phi) is 5.16. The van der Waals surface area contributed by atoms with Gasteiger partial charge >= 0.3 is 0 Å². The van der Waals surface area contributed by atoms with Crippen molar-refractivity contribution < 1.29 is 4.79 Å². The van der Waals surface area contributed by atoms with E-state index in [1.54, 1.807) is 0 Å². The van der Waals surface area contributed by atoms with Gasteiger partial charge in [-0.1, -0.05) is 74.0 Å². The fourth-order valence-electron chi connectivity index (χ4n) is 3.38. The van der Waals surface area contributed by atoms with E-state index in [1.807, 2.05) is 36.7 Å². The monoisotopic (exact) mass is 387 g/mol. The Balaban J connectivity index is 1.70. The molecule has 1 aliphatic rings. The van der Waals surface area contributed by atoms with Crippen molar-refractivity contribution in [3.8, 4) is 0 Å². The lowest BCUT2D eigenvalue weighted by atomic mass is 10.0. The van der Waals surface area contributed by atoms with Crippen molar-refractivity contribution in [2.75, 3.05) is 10.6 Å². The van der Waals surface area contributed by atoms with Gasteiger partial charge in [-0.3, -0.25) is 10.1 Å². The first-order chi connectivity index (χ1) is 14.0. The van der Waals surface area contributed by atoms with Gasteiger partial charge in [-0.2, -0.15) is 4.98 Å². The van der Waals surface area contributed by atoms with Crippen molar-refractivity contribution in [2.24, 2.45) is 5.92 Å². The minimum atomic E-state index is -0.119. The van der Waals surface area contributed by atoms with E-state index >= 15 is 0 Å². The average molecular weight is 387 g/mol. The Morgan fingerprint density at radius 2 is 1.86 bits per heavy atom. The summed E-state index contributed by atoms with van der Waals surface area (Å²) >= 11 is 0. The third-order valence-electron chi connectivity index (χ3n) is 4.81. The molecule has 0 saturated carbocycles. The predicted octanol–water partition coefficient (Wildman–Crippen LogP) is 4.63. The second-order valence-electron chi connectivity index (χ2n) is 7.78. The Bertz CT molecular complexity index is 1030. The molecule has 0 spiro atoms. The molecule has 0 bridgehead atoms. The molecule has 0 unspecified atom stereocenters. The number of benzene rings is 2. The molecule has 1 amide bonds. The zero-order chi connectivity index (χ0) is 20.4. The van der Waals surface area contributed by atoms with E-state index in [2.05, 4.69) is 70.1 Å². The number of aryl methyl sites for hydroxylation is 1. The van der Waals surface area contributed by atoms with Crippen LogP contribution in [0.25, 0.3) is 5.70 Å². The number of nitrogens with zero attached hydrogens (tertiary/aromatic N) is 3. The normalized spacial score (nSPS) is 15.4. The summed E-state index contributed by atoms with van der Waals surface area (Å²) in [7, 11) is 0. The number of hydrogen-bond donors (Lipinski definition) is 2. The van der Waals surface area contributed by atoms with Gasteiger partial charge in [0.05, 0.1) is 0 Å². The first-order valence-electron chi connectivity index (χ1n) is 9.87. The van der Waals surface area contributed by atoms with Crippen LogP contribution in [0, 0.1) is 12.8 Å². The van der Waals surface area contributed by atoms with Crippen molar-refractivity contribution in [2.45, 2.75) is 33.2 Å². The second-order valence-corrected chi connectivity index (χ2v) is 7.78. The maximum absolute atomic E-state index is 12.2. The molecule has 1 atom stereocenters. The fraction of sp³-hybridized carbons (Fsp3) is 0.261. The molecule has 0 fully saturated rings. The van der Waals surface area contributed by atoms with Gasteiger partial charge in [0, 0.05) is 12.1 Å². The summed E-state index contributed by atoms with van der Waals surface area (Å²) in [5, 5.41) is 10.8. The summed E-state index contributed by atoms with van der Waals surface area (Å²) in [6.45, 7) is 6.09. The zero-order valence-corrected chi connectivity index (χ0v) is 16.9. The van der Waals surface area contributed by atoms with Crippen LogP contribution in [0.3, 0.4) is 0 Å². The van der Waals surface area contributed by atoms with Crippen molar-refractivity contribution in [3.05, 3.63) is 77.4 Å². The SMILES string of the molecule is Cc1ccc(C2=C[C@@H](c3ccccc3)n3nc(NC(=O)CC(C)C)nc3N2)cc1. The van der Waals surface area contributed by atoms with Gasteiger partial charge in [-0.15, -0.1) is 5.10 Å². The summed E-state index contributed by atoms with van der Waals surface area (Å²) in [6.07, 6.45) is 2.58. The van der Waals surface area contributed by atoms with Gasteiger partial charge in [-0.05, 0) is 30.0 Å². The first-order valence-corrected chi connectivity index (χ1v) is 9.87. The maximum atomic E-state index is 12.2. The molecule has 148 valence electrons. The first kappa shape index (κ1) is 18.9. The number of rotatable bonds is 5. The summed E-state index contributed by atoms with van der Waals surface area (Å²) in [5.41, 5.74) is 4.36. The van der Waals surface area contributed by atoms with Crippen molar-refractivity contribution in [3.63, 3.8) is 0 Å². The molecular weight excluding hydrogens is 362 g/mol. The fourth-order valence-corrected chi connectivity index (χ4v) is 3.38. The summed E-state index contributed by atoms with van der Waals surface area (Å²) in [4.78, 5) is 16.7. The molecule has 29 heavy (non-hydrogen) atoms. The zero-order valence-electron chi connectivity index (χ0n) is 16.9. The molecule has 4 rings (SSSR count). The van der Waals surface area contributed by atoms with Crippen LogP contribution in [-0.4, -0.2) is 20.7 Å². The quantitative estimate of drug-likeness (QED) is 0.670. The van der Waals surface area contributed by atoms with Crippen LogP contribution < -0.4 is 10.6 Å². The molecule has 2 heterocycles. The minimum Gasteiger partial charge on any atom is -0.324 e. The number of allylic oxidation sites excluding steroid dienone is 1. The lowest BCUT2D eigenvalue weighted by molar-refractivity contribution is -0.116. The second kappa shape index (κ2) is 7.91. The van der Waals surface area contributed by atoms with Gasteiger partial charge in [0.15, 0.2) is 0 Å². The van der Waals surface area contributed by atoms with Crippen LogP contribution >= 0.6 is 0 Å². The number of fused-ring (bicyclic) bond motifs is 1. The average Bonchev–Trinajstić information content (AvgIpc) is 3.10. The van der Waals surface area contributed by atoms with Crippen molar-refractivity contribution in [1.29, 1.82) is 0 Å². The standard InChI is InChI=1S/C23H25N5O/c1-15(2)13-21(29)25-22-26-23-24-19(17-11-9-16(3)10-12-17)14-20(28(23)27-22)18-7-5-4-6-8-18/h4-12,14-15,20H,13H2,1-3H3,(H2,24,25,26,27,29)/t20-/m0/s1. The lowest BCUT2D eigenvalue weighted by Gasteiger charge is -2.24. The van der Waals surface area contributed by atoms with Crippen LogP contribution in [0.4, 0.5) is 11.9 Å². The van der Waals surface area contributed by atoms with Gasteiger partial charge in [0.2, 0.25) is 11.9 Å². The van der Waals surface area contributed by atoms with Crippen LogP contribution in [0.1, 0.15) is 43.0 Å². The highest BCUT2D eigenvalue weighted by Gasteiger charge is 2.25. The number of carbonyl (C=O) groups excluding carboxylic acids is 1. The predicted molar refractivity (Wildman–Crippen MR) is 115 cm³/mol. The Hall–Kier alpha value is -3.41. The molecule has 0 radical (unpaired) electrons. The van der Waals surface area contributed by atoms with Crippen molar-refractivity contribution >= 4 is 23.5 Å². The van der Waals surface area contributed by atoms with Crippen molar-refractivity contribution in [1.82, 2.24) is 14.8 Å². The van der Waals surface area contributed by atoms with Crippen LogP contribution in [0.15, 0.2) is 60.7 Å². The number of anilines is 2. The highest BCUT2D eigenvalue weighted by Crippen LogP contribution is 2.33. The third-order valence-corrected chi connectivity index (χ3v) is 4.81. The molecule has 3 aromatic rings. The van der Waals surface area contributed by atoms with Gasteiger partial charge in [0.25, 0.3) is 5.95 Å². The number of nitrogens with one attached hydrogen (secondary N) is 2. The van der Waals surface area contributed by atoms with Crippen LogP contribution in [0.2, 0.25) is 0 Å². The lowest BCUT2D eigenvalue weighted by Crippen LogP contribution is -2.20. The number of aromatic nitrogens is 3. The maximum Gasteiger partial charge on any atom is 0.250 e. The van der Waals surface area contributed by atoms with E-state index in [0.29, 0.717) is 18.3 Å². The molecule has 6 nitrogen and oxygen atoms in total. The van der Waals surface area contributed by atoms with E-state index in [1.165, 1.54) is 5.56 Å². The summed E-state index contributed by atoms with van der Waals surface area (Å²) < 4.78 is 1.82. The third kappa shape index (κ3) is 4.21.